The van der Waals surface area contributed by atoms with Crippen LogP contribution in [-0.2, 0) is 10.0 Å². The van der Waals surface area contributed by atoms with E-state index in [2.05, 4.69) is 4.72 Å². The molecule has 0 aromatic heterocycles. The van der Waals surface area contributed by atoms with Crippen molar-refractivity contribution in [3.05, 3.63) is 23.8 Å². The highest BCUT2D eigenvalue weighted by Gasteiger charge is 2.27. The molecule has 0 aliphatic heterocycles. The van der Waals surface area contributed by atoms with E-state index in [-0.39, 0.29) is 23.1 Å². The van der Waals surface area contributed by atoms with Gasteiger partial charge in [0.1, 0.15) is 0 Å². The quantitative estimate of drug-likeness (QED) is 0.822. The summed E-state index contributed by atoms with van der Waals surface area (Å²) in [7, 11) is -3.44. The second kappa shape index (κ2) is 4.49. The fourth-order valence-electron chi connectivity index (χ4n) is 1.49. The molecule has 1 aromatic carbocycles. The molecular formula is C11H14N2O4S. The van der Waals surface area contributed by atoms with E-state index in [4.69, 9.17) is 10.5 Å². The third kappa shape index (κ3) is 3.13. The lowest BCUT2D eigenvalue weighted by atomic mass is 10.1. The number of nitrogens with two attached hydrogens (primary N) is 1. The van der Waals surface area contributed by atoms with Crippen molar-refractivity contribution < 1.29 is 17.9 Å². The molecule has 6 nitrogen and oxygen atoms in total. The first-order valence-electron chi connectivity index (χ1n) is 5.44. The van der Waals surface area contributed by atoms with E-state index in [0.29, 0.717) is 0 Å². The summed E-state index contributed by atoms with van der Waals surface area (Å²) in [4.78, 5) is 11.3. The van der Waals surface area contributed by atoms with Crippen LogP contribution < -0.4 is 15.2 Å². The van der Waals surface area contributed by atoms with Gasteiger partial charge in [-0.1, -0.05) is 6.07 Å². The molecule has 98 valence electrons. The highest BCUT2D eigenvalue weighted by Crippen LogP contribution is 2.35. The molecule has 0 radical (unpaired) electrons. The number of hydrogen-bond donors (Lipinski definition) is 2. The van der Waals surface area contributed by atoms with Crippen LogP contribution in [0.25, 0.3) is 0 Å². The molecule has 1 aromatic rings. The predicted octanol–water partition coefficient (Wildman–Crippen LogP) is 0.698. The zero-order valence-electron chi connectivity index (χ0n) is 9.84. The molecular weight excluding hydrogens is 256 g/mol. The number of sulfonamides is 1. The molecule has 3 N–H and O–H groups in total. The van der Waals surface area contributed by atoms with Gasteiger partial charge in [-0.05, 0) is 25.0 Å². The van der Waals surface area contributed by atoms with Gasteiger partial charge >= 0.3 is 0 Å². The monoisotopic (exact) mass is 270 g/mol. The lowest BCUT2D eigenvalue weighted by molar-refractivity contribution is 0.0996. The van der Waals surface area contributed by atoms with E-state index < -0.39 is 15.9 Å². The maximum absolute atomic E-state index is 11.3. The van der Waals surface area contributed by atoms with E-state index in [1.807, 2.05) is 0 Å². The summed E-state index contributed by atoms with van der Waals surface area (Å²) >= 11 is 0. The Hall–Kier alpha value is -1.76. The van der Waals surface area contributed by atoms with Gasteiger partial charge in [-0.15, -0.1) is 0 Å². The normalized spacial score (nSPS) is 15.2. The zero-order chi connectivity index (χ0) is 13.3. The number of para-hydroxylation sites is 1. The number of anilines is 1. The maximum Gasteiger partial charge on any atom is 0.252 e. The zero-order valence-corrected chi connectivity index (χ0v) is 10.7. The van der Waals surface area contributed by atoms with Crippen molar-refractivity contribution in [2.24, 2.45) is 5.73 Å². The van der Waals surface area contributed by atoms with E-state index in [0.717, 1.165) is 19.1 Å². The molecule has 1 aliphatic rings. The molecule has 0 atom stereocenters. The highest BCUT2D eigenvalue weighted by atomic mass is 32.2. The number of ether oxygens (including phenoxy) is 1. The predicted molar refractivity (Wildman–Crippen MR) is 67.1 cm³/mol. The van der Waals surface area contributed by atoms with E-state index in [1.165, 1.54) is 12.1 Å². The van der Waals surface area contributed by atoms with Crippen LogP contribution in [0, 0.1) is 0 Å². The largest absolute Gasteiger partial charge is 0.487 e. The molecule has 2 rings (SSSR count). The fraction of sp³-hybridized carbons (Fsp3) is 0.364. The lowest BCUT2D eigenvalue weighted by Gasteiger charge is -2.14. The molecule has 0 saturated heterocycles. The standard InChI is InChI=1S/C11H14N2O4S/c1-18(15,16)13-9-4-2-3-8(11(12)14)10(9)17-7-5-6-7/h2-4,7,13H,5-6H2,1H3,(H2,12,14). The van der Waals surface area contributed by atoms with E-state index in [9.17, 15) is 13.2 Å². The molecule has 0 bridgehead atoms. The number of rotatable bonds is 5. The molecule has 0 unspecified atom stereocenters. The number of benzene rings is 1. The minimum absolute atomic E-state index is 0.0330. The molecule has 7 heteroatoms. The van der Waals surface area contributed by atoms with Crippen molar-refractivity contribution in [1.29, 1.82) is 0 Å². The summed E-state index contributed by atoms with van der Waals surface area (Å²) in [5.74, 6) is -0.444. The van der Waals surface area contributed by atoms with Crippen LogP contribution in [0.1, 0.15) is 23.2 Å². The van der Waals surface area contributed by atoms with Crippen LogP contribution >= 0.6 is 0 Å². The van der Waals surface area contributed by atoms with E-state index >= 15 is 0 Å². The minimum Gasteiger partial charge on any atom is -0.487 e. The van der Waals surface area contributed by atoms with Crippen LogP contribution in [0.2, 0.25) is 0 Å². The molecule has 18 heavy (non-hydrogen) atoms. The third-order valence-corrected chi connectivity index (χ3v) is 2.98. The number of primary amides is 1. The number of carbonyl (C=O) groups excluding carboxylic acids is 1. The van der Waals surface area contributed by atoms with Crippen LogP contribution in [-0.4, -0.2) is 26.7 Å². The SMILES string of the molecule is CS(=O)(=O)Nc1cccc(C(N)=O)c1OC1CC1. The summed E-state index contributed by atoms with van der Waals surface area (Å²) in [6.45, 7) is 0. The Kier molecular flexibility index (Phi) is 3.16. The molecule has 1 amide bonds. The van der Waals surface area contributed by atoms with Gasteiger partial charge in [-0.25, -0.2) is 8.42 Å². The average molecular weight is 270 g/mol. The first kappa shape index (κ1) is 12.7. The Morgan fingerprint density at radius 1 is 1.44 bits per heavy atom. The minimum atomic E-state index is -3.44. The number of hydrogen-bond acceptors (Lipinski definition) is 4. The summed E-state index contributed by atoms with van der Waals surface area (Å²) in [6, 6.07) is 4.59. The van der Waals surface area contributed by atoms with Gasteiger partial charge in [0.25, 0.3) is 5.91 Å². The van der Waals surface area contributed by atoms with Gasteiger partial charge in [0.2, 0.25) is 10.0 Å². The van der Waals surface area contributed by atoms with Crippen LogP contribution in [0.3, 0.4) is 0 Å². The van der Waals surface area contributed by atoms with Crippen molar-refractivity contribution in [3.8, 4) is 5.75 Å². The van der Waals surface area contributed by atoms with Gasteiger partial charge in [-0.3, -0.25) is 9.52 Å². The summed E-state index contributed by atoms with van der Waals surface area (Å²) in [5, 5.41) is 0. The first-order chi connectivity index (χ1) is 8.37. The molecule has 1 aliphatic carbocycles. The van der Waals surface area contributed by atoms with Crippen LogP contribution in [0.5, 0.6) is 5.75 Å². The number of carbonyl (C=O) groups is 1. The summed E-state index contributed by atoms with van der Waals surface area (Å²) < 4.78 is 30.4. The fourth-order valence-corrected chi connectivity index (χ4v) is 2.05. The van der Waals surface area contributed by atoms with Crippen molar-refractivity contribution in [2.75, 3.05) is 11.0 Å². The maximum atomic E-state index is 11.3. The second-order valence-electron chi connectivity index (χ2n) is 4.24. The first-order valence-corrected chi connectivity index (χ1v) is 7.33. The average Bonchev–Trinajstić information content (AvgIpc) is 3.01. The Bertz CT molecular complexity index is 579. The van der Waals surface area contributed by atoms with Gasteiger partial charge in [-0.2, -0.15) is 0 Å². The van der Waals surface area contributed by atoms with Crippen molar-refractivity contribution >= 4 is 21.6 Å². The van der Waals surface area contributed by atoms with E-state index in [1.54, 1.807) is 6.07 Å². The Labute approximate surface area is 105 Å². The topological polar surface area (TPSA) is 98.5 Å². The Morgan fingerprint density at radius 2 is 2.11 bits per heavy atom. The van der Waals surface area contributed by atoms with Crippen molar-refractivity contribution in [3.63, 3.8) is 0 Å². The molecule has 1 saturated carbocycles. The van der Waals surface area contributed by atoms with Gasteiger partial charge in [0.05, 0.1) is 23.6 Å². The smallest absolute Gasteiger partial charge is 0.252 e. The summed E-state index contributed by atoms with van der Waals surface area (Å²) in [6.07, 6.45) is 2.85. The van der Waals surface area contributed by atoms with Gasteiger partial charge in [0.15, 0.2) is 5.75 Å². The summed E-state index contributed by atoms with van der Waals surface area (Å²) in [5.41, 5.74) is 5.66. The Morgan fingerprint density at radius 3 is 2.61 bits per heavy atom. The lowest BCUT2D eigenvalue weighted by Crippen LogP contribution is -2.17. The molecule has 0 spiro atoms. The van der Waals surface area contributed by atoms with Crippen LogP contribution in [0.15, 0.2) is 18.2 Å². The number of amides is 1. The molecule has 1 fully saturated rings. The van der Waals surface area contributed by atoms with Gasteiger partial charge < -0.3 is 10.5 Å². The Balaban J connectivity index is 2.42. The van der Waals surface area contributed by atoms with Gasteiger partial charge in [0, 0.05) is 0 Å². The second-order valence-corrected chi connectivity index (χ2v) is 5.99. The van der Waals surface area contributed by atoms with Crippen LogP contribution in [0.4, 0.5) is 5.69 Å². The van der Waals surface area contributed by atoms with Crippen molar-refractivity contribution in [1.82, 2.24) is 0 Å². The van der Waals surface area contributed by atoms with Crippen molar-refractivity contribution in [2.45, 2.75) is 18.9 Å². The number of nitrogens with one attached hydrogen (secondary N) is 1. The molecule has 0 heterocycles. The highest BCUT2D eigenvalue weighted by molar-refractivity contribution is 7.92. The third-order valence-electron chi connectivity index (χ3n) is 2.38.